The van der Waals surface area contributed by atoms with Gasteiger partial charge < -0.3 is 20.1 Å². The van der Waals surface area contributed by atoms with Crippen molar-refractivity contribution in [2.45, 2.75) is 105 Å². The summed E-state index contributed by atoms with van der Waals surface area (Å²) in [5, 5.41) is 30.8. The summed E-state index contributed by atoms with van der Waals surface area (Å²) in [6, 6.07) is 9.68. The number of phenols is 2. The fraction of sp³-hybridized carbons (Fsp3) is 0.529. The molecule has 0 bridgehead atoms. The van der Waals surface area contributed by atoms with Crippen LogP contribution in [-0.4, -0.2) is 21.4 Å². The Balaban J connectivity index is 1.90. The van der Waals surface area contributed by atoms with E-state index in [9.17, 15) is 15.3 Å². The lowest BCUT2D eigenvalue weighted by molar-refractivity contribution is 0.126. The van der Waals surface area contributed by atoms with Crippen LogP contribution in [0.5, 0.6) is 17.2 Å². The fourth-order valence-electron chi connectivity index (χ4n) is 5.78. The van der Waals surface area contributed by atoms with Crippen LogP contribution < -0.4 is 4.74 Å². The minimum Gasteiger partial charge on any atom is -0.508 e. The molecule has 1 aliphatic carbocycles. The molecule has 4 unspecified atom stereocenters. The highest BCUT2D eigenvalue weighted by Gasteiger charge is 2.36. The Morgan fingerprint density at radius 2 is 1.87 bits per heavy atom. The van der Waals surface area contributed by atoms with Crippen molar-refractivity contribution in [3.05, 3.63) is 75.9 Å². The number of allylic oxidation sites excluding steroid dienone is 4. The summed E-state index contributed by atoms with van der Waals surface area (Å²) in [6.45, 7) is 15.1. The number of phenolic OH excluding ortho intramolecular Hbond substituents is 2. The lowest BCUT2D eigenvalue weighted by Gasteiger charge is -2.25. The van der Waals surface area contributed by atoms with Gasteiger partial charge in [-0.15, -0.1) is 0 Å². The van der Waals surface area contributed by atoms with Gasteiger partial charge in [0, 0.05) is 29.0 Å². The smallest absolute Gasteiger partial charge is 0.127 e. The van der Waals surface area contributed by atoms with E-state index >= 15 is 0 Å². The molecule has 208 valence electrons. The molecule has 0 fully saturated rings. The van der Waals surface area contributed by atoms with E-state index in [0.717, 1.165) is 54.5 Å². The second-order valence-electron chi connectivity index (χ2n) is 11.6. The number of hydrogen-bond acceptors (Lipinski definition) is 4. The van der Waals surface area contributed by atoms with Crippen LogP contribution >= 0.6 is 0 Å². The number of rotatable bonds is 12. The zero-order valence-electron chi connectivity index (χ0n) is 24.4. The molecule has 0 heterocycles. The molecule has 0 saturated carbocycles. The second kappa shape index (κ2) is 13.4. The molecule has 0 saturated heterocycles. The third-order valence-electron chi connectivity index (χ3n) is 8.05. The summed E-state index contributed by atoms with van der Waals surface area (Å²) in [5.74, 6) is 2.00. The predicted molar refractivity (Wildman–Crippen MR) is 157 cm³/mol. The van der Waals surface area contributed by atoms with E-state index in [0.29, 0.717) is 18.3 Å². The largest absolute Gasteiger partial charge is 0.508 e. The van der Waals surface area contributed by atoms with Crippen molar-refractivity contribution in [1.29, 1.82) is 0 Å². The van der Waals surface area contributed by atoms with Gasteiger partial charge in [-0.25, -0.2) is 0 Å². The first-order chi connectivity index (χ1) is 18.0. The van der Waals surface area contributed by atoms with Gasteiger partial charge in [0.1, 0.15) is 23.4 Å². The van der Waals surface area contributed by atoms with E-state index in [1.54, 1.807) is 6.07 Å². The monoisotopic (exact) mass is 520 g/mol. The summed E-state index contributed by atoms with van der Waals surface area (Å²) < 4.78 is 6.69. The van der Waals surface area contributed by atoms with Gasteiger partial charge in [-0.3, -0.25) is 0 Å². The second-order valence-corrected chi connectivity index (χ2v) is 11.6. The molecule has 4 atom stereocenters. The molecule has 38 heavy (non-hydrogen) atoms. The van der Waals surface area contributed by atoms with Crippen molar-refractivity contribution in [1.82, 2.24) is 0 Å². The van der Waals surface area contributed by atoms with Gasteiger partial charge in [0.2, 0.25) is 0 Å². The Morgan fingerprint density at radius 1 is 1.13 bits per heavy atom. The summed E-state index contributed by atoms with van der Waals surface area (Å²) in [5.41, 5.74) is 6.87. The molecule has 1 aliphatic rings. The van der Waals surface area contributed by atoms with Crippen LogP contribution in [0.1, 0.15) is 108 Å². The standard InChI is InChI=1S/C34H48O4/c1-8-22(5)16-29(23(6)15-21(3)4)25-13-14-33(24(7)17-25)38-34-26(11-10-12-27(35)9-2)18-30-31(34)19-28(36)20-32(30)37/h8,13-15,17,19-21,26-27,29,34-37H,9-12,16,18H2,1-7H3. The van der Waals surface area contributed by atoms with Crippen LogP contribution in [0.4, 0.5) is 0 Å². The lowest BCUT2D eigenvalue weighted by atomic mass is 9.84. The summed E-state index contributed by atoms with van der Waals surface area (Å²) >= 11 is 0. The summed E-state index contributed by atoms with van der Waals surface area (Å²) in [7, 11) is 0. The number of benzene rings is 2. The SMILES string of the molecule is CC=C(C)CC(C(C)=CC(C)C)c1ccc(OC2c3cc(O)cc(O)c3CC2CCCC(O)CC)c(C)c1. The first-order valence-electron chi connectivity index (χ1n) is 14.3. The van der Waals surface area contributed by atoms with E-state index < -0.39 is 0 Å². The number of fused-ring (bicyclic) bond motifs is 1. The van der Waals surface area contributed by atoms with Crippen molar-refractivity contribution < 1.29 is 20.1 Å². The summed E-state index contributed by atoms with van der Waals surface area (Å²) in [6.07, 6.45) is 9.02. The van der Waals surface area contributed by atoms with Gasteiger partial charge >= 0.3 is 0 Å². The van der Waals surface area contributed by atoms with Gasteiger partial charge in [-0.05, 0) is 89.0 Å². The van der Waals surface area contributed by atoms with E-state index in [1.807, 2.05) is 6.92 Å². The zero-order chi connectivity index (χ0) is 28.0. The molecule has 0 radical (unpaired) electrons. The zero-order valence-corrected chi connectivity index (χ0v) is 24.4. The van der Waals surface area contributed by atoms with E-state index in [4.69, 9.17) is 4.74 Å². The van der Waals surface area contributed by atoms with E-state index in [-0.39, 0.29) is 29.6 Å². The van der Waals surface area contributed by atoms with Crippen molar-refractivity contribution in [3.8, 4) is 17.2 Å². The quantitative estimate of drug-likeness (QED) is 0.245. The highest BCUT2D eigenvalue weighted by molar-refractivity contribution is 5.50. The summed E-state index contributed by atoms with van der Waals surface area (Å²) in [4.78, 5) is 0. The average molecular weight is 521 g/mol. The Hall–Kier alpha value is -2.72. The lowest BCUT2D eigenvalue weighted by Crippen LogP contribution is -2.16. The van der Waals surface area contributed by atoms with Gasteiger partial charge in [0.25, 0.3) is 0 Å². The Labute approximate surface area is 230 Å². The number of aryl methyl sites for hydroxylation is 1. The normalized spacial score (nSPS) is 19.5. The van der Waals surface area contributed by atoms with Gasteiger partial charge in [-0.1, -0.05) is 62.6 Å². The van der Waals surface area contributed by atoms with E-state index in [2.05, 4.69) is 71.9 Å². The van der Waals surface area contributed by atoms with Crippen molar-refractivity contribution in [2.75, 3.05) is 0 Å². The molecule has 0 amide bonds. The molecule has 0 aromatic heterocycles. The van der Waals surface area contributed by atoms with Gasteiger partial charge in [0.05, 0.1) is 6.10 Å². The van der Waals surface area contributed by atoms with Crippen LogP contribution in [-0.2, 0) is 6.42 Å². The number of aliphatic hydroxyl groups excluding tert-OH is 1. The number of aromatic hydroxyl groups is 2. The van der Waals surface area contributed by atoms with Crippen molar-refractivity contribution in [2.24, 2.45) is 11.8 Å². The maximum atomic E-state index is 10.6. The first-order valence-corrected chi connectivity index (χ1v) is 14.3. The maximum Gasteiger partial charge on any atom is 0.127 e. The highest BCUT2D eigenvalue weighted by Crippen LogP contribution is 2.47. The van der Waals surface area contributed by atoms with E-state index in [1.165, 1.54) is 22.8 Å². The molecular formula is C34H48O4. The van der Waals surface area contributed by atoms with Crippen LogP contribution in [0.25, 0.3) is 0 Å². The number of hydrogen-bond donors (Lipinski definition) is 3. The Bertz CT molecular complexity index is 1140. The molecule has 4 nitrogen and oxygen atoms in total. The van der Waals surface area contributed by atoms with Crippen LogP contribution in [0.15, 0.2) is 53.6 Å². The fourth-order valence-corrected chi connectivity index (χ4v) is 5.78. The number of ether oxygens (including phenoxy) is 1. The molecule has 2 aromatic carbocycles. The molecule has 3 N–H and O–H groups in total. The van der Waals surface area contributed by atoms with Crippen LogP contribution in [0.2, 0.25) is 0 Å². The number of aliphatic hydroxyl groups is 1. The van der Waals surface area contributed by atoms with Gasteiger partial charge in [0.15, 0.2) is 0 Å². The van der Waals surface area contributed by atoms with Crippen molar-refractivity contribution >= 4 is 0 Å². The maximum absolute atomic E-state index is 10.6. The molecule has 3 rings (SSSR count). The topological polar surface area (TPSA) is 69.9 Å². The van der Waals surface area contributed by atoms with Gasteiger partial charge in [-0.2, -0.15) is 0 Å². The highest BCUT2D eigenvalue weighted by atomic mass is 16.5. The molecule has 2 aromatic rings. The van der Waals surface area contributed by atoms with Crippen LogP contribution in [0.3, 0.4) is 0 Å². The third kappa shape index (κ3) is 7.44. The molecule has 0 spiro atoms. The first kappa shape index (κ1) is 29.8. The molecule has 4 heteroatoms. The third-order valence-corrected chi connectivity index (χ3v) is 8.05. The Morgan fingerprint density at radius 3 is 2.50 bits per heavy atom. The van der Waals surface area contributed by atoms with Crippen LogP contribution in [0, 0.1) is 18.8 Å². The molecule has 0 aliphatic heterocycles. The minimum absolute atomic E-state index is 0.0542. The minimum atomic E-state index is -0.280. The average Bonchev–Trinajstić information content (AvgIpc) is 3.20. The predicted octanol–water partition coefficient (Wildman–Crippen LogP) is 8.68. The Kier molecular flexibility index (Phi) is 10.5. The van der Waals surface area contributed by atoms with Crippen molar-refractivity contribution in [3.63, 3.8) is 0 Å². The molecular weight excluding hydrogens is 472 g/mol.